The molecule has 0 aromatic heterocycles. The number of benzene rings is 2. The number of carbonyl (C=O) groups excluding carboxylic acids is 3. The molecule has 2 aromatic rings. The fourth-order valence-electron chi connectivity index (χ4n) is 2.29. The Morgan fingerprint density at radius 1 is 0.962 bits per heavy atom. The summed E-state index contributed by atoms with van der Waals surface area (Å²) in [6.45, 7) is 2.18. The Morgan fingerprint density at radius 3 is 2.38 bits per heavy atom. The third kappa shape index (κ3) is 5.34. The zero-order valence-electron chi connectivity index (χ0n) is 14.8. The van der Waals surface area contributed by atoms with Gasteiger partial charge in [0.2, 0.25) is 5.91 Å². The van der Waals surface area contributed by atoms with Crippen LogP contribution in [-0.4, -0.2) is 38.0 Å². The monoisotopic (exact) mass is 354 g/mol. The Morgan fingerprint density at radius 2 is 1.69 bits per heavy atom. The zero-order chi connectivity index (χ0) is 18.9. The van der Waals surface area contributed by atoms with Crippen molar-refractivity contribution in [2.75, 3.05) is 30.4 Å². The summed E-state index contributed by atoms with van der Waals surface area (Å²) in [4.78, 5) is 37.4. The fourth-order valence-corrected chi connectivity index (χ4v) is 2.29. The van der Waals surface area contributed by atoms with Crippen LogP contribution in [0.5, 0.6) is 0 Å². The lowest BCUT2D eigenvalue weighted by molar-refractivity contribution is -0.119. The minimum atomic E-state index is -0.516. The lowest BCUT2D eigenvalue weighted by Gasteiger charge is -2.17. The standard InChI is InChI=1S/C19H22N4O3/c1-3-20-17(24)13-21-19(26)22-15-9-7-8-14(12-15)18(25)23(2)16-10-5-4-6-11-16/h4-12H,3,13H2,1-2H3,(H,20,24)(H2,21,22,26). The summed E-state index contributed by atoms with van der Waals surface area (Å²) in [5.41, 5.74) is 1.68. The van der Waals surface area contributed by atoms with E-state index < -0.39 is 6.03 Å². The Balaban J connectivity index is 2.00. The number of amides is 4. The molecule has 2 rings (SSSR count). The number of anilines is 2. The van der Waals surface area contributed by atoms with Crippen LogP contribution in [0.3, 0.4) is 0 Å². The normalized spacial score (nSPS) is 9.92. The van der Waals surface area contributed by atoms with Gasteiger partial charge in [-0.1, -0.05) is 24.3 Å². The summed E-state index contributed by atoms with van der Waals surface area (Å²) in [5, 5.41) is 7.65. The Labute approximate surface area is 152 Å². The fraction of sp³-hybridized carbons (Fsp3) is 0.211. The van der Waals surface area contributed by atoms with E-state index in [0.29, 0.717) is 17.8 Å². The molecule has 0 heterocycles. The topological polar surface area (TPSA) is 90.5 Å². The molecule has 2 aromatic carbocycles. The molecule has 0 aliphatic carbocycles. The molecule has 136 valence electrons. The van der Waals surface area contributed by atoms with Crippen molar-refractivity contribution in [1.29, 1.82) is 0 Å². The molecular formula is C19H22N4O3. The predicted octanol–water partition coefficient (Wildman–Crippen LogP) is 2.22. The van der Waals surface area contributed by atoms with Gasteiger partial charge < -0.3 is 20.9 Å². The van der Waals surface area contributed by atoms with Crippen LogP contribution in [-0.2, 0) is 4.79 Å². The van der Waals surface area contributed by atoms with Crippen LogP contribution < -0.4 is 20.9 Å². The average Bonchev–Trinajstić information content (AvgIpc) is 2.66. The van der Waals surface area contributed by atoms with Crippen molar-refractivity contribution in [2.45, 2.75) is 6.92 Å². The van der Waals surface area contributed by atoms with Gasteiger partial charge in [-0.3, -0.25) is 9.59 Å². The number of hydrogen-bond donors (Lipinski definition) is 3. The maximum atomic E-state index is 12.6. The molecule has 7 heteroatoms. The molecule has 4 amide bonds. The van der Waals surface area contributed by atoms with E-state index in [1.54, 1.807) is 38.2 Å². The van der Waals surface area contributed by atoms with Crippen molar-refractivity contribution in [3.05, 3.63) is 60.2 Å². The Bertz CT molecular complexity index is 777. The first-order valence-corrected chi connectivity index (χ1v) is 8.26. The first kappa shape index (κ1) is 19.0. The molecule has 0 radical (unpaired) electrons. The quantitative estimate of drug-likeness (QED) is 0.743. The maximum absolute atomic E-state index is 12.6. The Hall–Kier alpha value is -3.35. The van der Waals surface area contributed by atoms with E-state index in [9.17, 15) is 14.4 Å². The lowest BCUT2D eigenvalue weighted by atomic mass is 10.1. The van der Waals surface area contributed by atoms with Gasteiger partial charge in [0.15, 0.2) is 0 Å². The molecule has 0 aliphatic heterocycles. The van der Waals surface area contributed by atoms with Gasteiger partial charge in [-0.15, -0.1) is 0 Å². The van der Waals surface area contributed by atoms with Crippen molar-refractivity contribution >= 4 is 29.2 Å². The van der Waals surface area contributed by atoms with Crippen LogP contribution in [0.1, 0.15) is 17.3 Å². The minimum absolute atomic E-state index is 0.116. The van der Waals surface area contributed by atoms with Gasteiger partial charge >= 0.3 is 6.03 Å². The third-order valence-corrected chi connectivity index (χ3v) is 3.60. The van der Waals surface area contributed by atoms with Crippen molar-refractivity contribution in [3.8, 4) is 0 Å². The molecule has 0 bridgehead atoms. The molecule has 0 unspecified atom stereocenters. The second-order valence-corrected chi connectivity index (χ2v) is 5.54. The number of likely N-dealkylation sites (N-methyl/N-ethyl adjacent to an activating group) is 1. The van der Waals surface area contributed by atoms with Crippen LogP contribution in [0.2, 0.25) is 0 Å². The SMILES string of the molecule is CCNC(=O)CNC(=O)Nc1cccc(C(=O)N(C)c2ccccc2)c1. The highest BCUT2D eigenvalue weighted by Crippen LogP contribution is 2.17. The first-order valence-electron chi connectivity index (χ1n) is 8.26. The van der Waals surface area contributed by atoms with E-state index in [2.05, 4.69) is 16.0 Å². The molecule has 26 heavy (non-hydrogen) atoms. The number of nitrogens with one attached hydrogen (secondary N) is 3. The van der Waals surface area contributed by atoms with Crippen LogP contribution in [0.15, 0.2) is 54.6 Å². The number of para-hydroxylation sites is 1. The van der Waals surface area contributed by atoms with Crippen molar-refractivity contribution in [3.63, 3.8) is 0 Å². The van der Waals surface area contributed by atoms with E-state index in [1.807, 2.05) is 30.3 Å². The zero-order valence-corrected chi connectivity index (χ0v) is 14.8. The minimum Gasteiger partial charge on any atom is -0.355 e. The highest BCUT2D eigenvalue weighted by molar-refractivity contribution is 6.06. The molecule has 3 N–H and O–H groups in total. The summed E-state index contributed by atoms with van der Waals surface area (Å²) in [6, 6.07) is 15.4. The van der Waals surface area contributed by atoms with Crippen LogP contribution >= 0.6 is 0 Å². The summed E-state index contributed by atoms with van der Waals surface area (Å²) >= 11 is 0. The first-order chi connectivity index (χ1) is 12.5. The van der Waals surface area contributed by atoms with Crippen LogP contribution in [0.4, 0.5) is 16.2 Å². The molecular weight excluding hydrogens is 332 g/mol. The molecule has 0 fully saturated rings. The molecule has 0 atom stereocenters. The van der Waals surface area contributed by atoms with Gasteiger partial charge in [-0.2, -0.15) is 0 Å². The second kappa shape index (κ2) is 9.22. The van der Waals surface area contributed by atoms with Gasteiger partial charge in [0.05, 0.1) is 6.54 Å². The number of urea groups is 1. The van der Waals surface area contributed by atoms with Gasteiger partial charge in [0.25, 0.3) is 5.91 Å². The third-order valence-electron chi connectivity index (χ3n) is 3.60. The van der Waals surface area contributed by atoms with E-state index in [0.717, 1.165) is 5.69 Å². The van der Waals surface area contributed by atoms with E-state index in [1.165, 1.54) is 4.90 Å². The smallest absolute Gasteiger partial charge is 0.319 e. The van der Waals surface area contributed by atoms with Crippen LogP contribution in [0.25, 0.3) is 0 Å². The molecule has 0 spiro atoms. The number of rotatable bonds is 6. The summed E-state index contributed by atoms with van der Waals surface area (Å²) in [5.74, 6) is -0.460. The maximum Gasteiger partial charge on any atom is 0.319 e. The van der Waals surface area contributed by atoms with Gasteiger partial charge in [0.1, 0.15) is 0 Å². The molecule has 0 aliphatic rings. The van der Waals surface area contributed by atoms with Crippen molar-refractivity contribution in [2.24, 2.45) is 0 Å². The largest absolute Gasteiger partial charge is 0.355 e. The predicted molar refractivity (Wildman–Crippen MR) is 101 cm³/mol. The number of hydrogen-bond acceptors (Lipinski definition) is 3. The molecule has 7 nitrogen and oxygen atoms in total. The Kier molecular flexibility index (Phi) is 6.73. The van der Waals surface area contributed by atoms with E-state index in [4.69, 9.17) is 0 Å². The van der Waals surface area contributed by atoms with E-state index >= 15 is 0 Å². The number of nitrogens with zero attached hydrogens (tertiary/aromatic N) is 1. The summed E-state index contributed by atoms with van der Waals surface area (Å²) < 4.78 is 0. The van der Waals surface area contributed by atoms with Gasteiger partial charge in [-0.05, 0) is 37.3 Å². The summed E-state index contributed by atoms with van der Waals surface area (Å²) in [7, 11) is 1.69. The highest BCUT2D eigenvalue weighted by atomic mass is 16.2. The van der Waals surface area contributed by atoms with Gasteiger partial charge in [-0.25, -0.2) is 4.79 Å². The van der Waals surface area contributed by atoms with E-state index in [-0.39, 0.29) is 18.4 Å². The van der Waals surface area contributed by atoms with Crippen LogP contribution in [0, 0.1) is 0 Å². The average molecular weight is 354 g/mol. The second-order valence-electron chi connectivity index (χ2n) is 5.54. The lowest BCUT2D eigenvalue weighted by Crippen LogP contribution is -2.38. The summed E-state index contributed by atoms with van der Waals surface area (Å²) in [6.07, 6.45) is 0. The van der Waals surface area contributed by atoms with Crippen molar-refractivity contribution in [1.82, 2.24) is 10.6 Å². The van der Waals surface area contributed by atoms with Crippen molar-refractivity contribution < 1.29 is 14.4 Å². The van der Waals surface area contributed by atoms with Gasteiger partial charge in [0, 0.05) is 30.5 Å². The molecule has 0 saturated carbocycles. The number of carbonyl (C=O) groups is 3. The highest BCUT2D eigenvalue weighted by Gasteiger charge is 2.14. The molecule has 0 saturated heterocycles.